The van der Waals surface area contributed by atoms with Gasteiger partial charge < -0.3 is 15.3 Å². The fourth-order valence-electron chi connectivity index (χ4n) is 2.21. The summed E-state index contributed by atoms with van der Waals surface area (Å²) in [6.45, 7) is 6.22. The van der Waals surface area contributed by atoms with Gasteiger partial charge in [0.15, 0.2) is 0 Å². The Morgan fingerprint density at radius 2 is 1.83 bits per heavy atom. The lowest BCUT2D eigenvalue weighted by molar-refractivity contribution is 0.114. The van der Waals surface area contributed by atoms with Crippen LogP contribution in [0.1, 0.15) is 19.4 Å². The van der Waals surface area contributed by atoms with E-state index in [2.05, 4.69) is 50.3 Å². The third-order valence-corrected chi connectivity index (χ3v) is 3.52. The number of aliphatic hydroxyl groups excluding tert-OH is 1. The van der Waals surface area contributed by atoms with Crippen LogP contribution < -0.4 is 5.32 Å². The maximum Gasteiger partial charge on any atom is 0.0692 e. The first-order valence-electron chi connectivity index (χ1n) is 6.59. The topological polar surface area (TPSA) is 35.5 Å². The molecule has 102 valence electrons. The number of aliphatic hydroxyl groups is 1. The standard InChI is InChI=1S/C15H26N2O/c1-13(2)15(12-18,16-10-11-17(3)4)14-8-6-5-7-9-14/h5-9,13,16,18H,10-12H2,1-4H3. The van der Waals surface area contributed by atoms with Gasteiger partial charge in [-0.3, -0.25) is 0 Å². The highest BCUT2D eigenvalue weighted by Crippen LogP contribution is 2.28. The highest BCUT2D eigenvalue weighted by atomic mass is 16.3. The summed E-state index contributed by atoms with van der Waals surface area (Å²) >= 11 is 0. The second kappa shape index (κ2) is 6.88. The lowest BCUT2D eigenvalue weighted by Gasteiger charge is -2.38. The predicted molar refractivity (Wildman–Crippen MR) is 76.6 cm³/mol. The number of benzene rings is 1. The molecule has 1 unspecified atom stereocenters. The predicted octanol–water partition coefficient (Wildman–Crippen LogP) is 1.68. The first kappa shape index (κ1) is 15.2. The van der Waals surface area contributed by atoms with Crippen LogP contribution in [0.3, 0.4) is 0 Å². The van der Waals surface area contributed by atoms with E-state index in [1.165, 1.54) is 0 Å². The Balaban J connectivity index is 2.88. The zero-order valence-corrected chi connectivity index (χ0v) is 12.0. The van der Waals surface area contributed by atoms with Gasteiger partial charge in [-0.15, -0.1) is 0 Å². The first-order chi connectivity index (χ1) is 8.53. The van der Waals surface area contributed by atoms with Gasteiger partial charge in [0, 0.05) is 13.1 Å². The quantitative estimate of drug-likeness (QED) is 0.773. The molecule has 1 rings (SSSR count). The lowest BCUT2D eigenvalue weighted by Crippen LogP contribution is -2.51. The molecule has 2 N–H and O–H groups in total. The van der Waals surface area contributed by atoms with Crippen molar-refractivity contribution in [1.29, 1.82) is 0 Å². The van der Waals surface area contributed by atoms with Crippen molar-refractivity contribution in [2.24, 2.45) is 5.92 Å². The van der Waals surface area contributed by atoms with Gasteiger partial charge in [-0.05, 0) is 25.6 Å². The summed E-state index contributed by atoms with van der Waals surface area (Å²) in [4.78, 5) is 2.14. The average molecular weight is 250 g/mol. The Morgan fingerprint density at radius 1 is 1.22 bits per heavy atom. The molecule has 0 radical (unpaired) electrons. The molecule has 0 bridgehead atoms. The smallest absolute Gasteiger partial charge is 0.0692 e. The van der Waals surface area contributed by atoms with Crippen LogP contribution in [0.25, 0.3) is 0 Å². The zero-order chi connectivity index (χ0) is 13.6. The molecule has 0 saturated carbocycles. The van der Waals surface area contributed by atoms with Gasteiger partial charge in [-0.1, -0.05) is 44.2 Å². The molecular formula is C15H26N2O. The molecule has 0 aliphatic carbocycles. The minimum absolute atomic E-state index is 0.113. The second-order valence-electron chi connectivity index (χ2n) is 5.38. The van der Waals surface area contributed by atoms with Crippen LogP contribution in [0.15, 0.2) is 30.3 Å². The summed E-state index contributed by atoms with van der Waals surface area (Å²) in [6, 6.07) is 10.2. The van der Waals surface area contributed by atoms with Crippen LogP contribution in [0.2, 0.25) is 0 Å². The van der Waals surface area contributed by atoms with E-state index in [1.54, 1.807) is 0 Å². The Kier molecular flexibility index (Phi) is 5.79. The number of nitrogens with one attached hydrogen (secondary N) is 1. The molecule has 0 aliphatic rings. The van der Waals surface area contributed by atoms with Gasteiger partial charge in [-0.25, -0.2) is 0 Å². The summed E-state index contributed by atoms with van der Waals surface area (Å²) in [5.74, 6) is 0.326. The minimum Gasteiger partial charge on any atom is -0.394 e. The Bertz CT molecular complexity index is 338. The van der Waals surface area contributed by atoms with Gasteiger partial charge in [0.1, 0.15) is 0 Å². The molecular weight excluding hydrogens is 224 g/mol. The van der Waals surface area contributed by atoms with E-state index in [-0.39, 0.29) is 12.1 Å². The summed E-state index contributed by atoms with van der Waals surface area (Å²) in [6.07, 6.45) is 0. The summed E-state index contributed by atoms with van der Waals surface area (Å²) in [5, 5.41) is 13.4. The average Bonchev–Trinajstić information content (AvgIpc) is 2.35. The highest BCUT2D eigenvalue weighted by Gasteiger charge is 2.34. The van der Waals surface area contributed by atoms with Gasteiger partial charge in [0.05, 0.1) is 12.1 Å². The summed E-state index contributed by atoms with van der Waals surface area (Å²) < 4.78 is 0. The SMILES string of the molecule is CC(C)C(CO)(NCCN(C)C)c1ccccc1. The molecule has 0 amide bonds. The minimum atomic E-state index is -0.350. The van der Waals surface area contributed by atoms with Crippen LogP contribution in [-0.2, 0) is 5.54 Å². The third kappa shape index (κ3) is 3.55. The Morgan fingerprint density at radius 3 is 2.28 bits per heavy atom. The molecule has 0 aliphatic heterocycles. The number of rotatable bonds is 7. The van der Waals surface area contributed by atoms with E-state index in [0.717, 1.165) is 18.7 Å². The Hall–Kier alpha value is -0.900. The first-order valence-corrected chi connectivity index (χ1v) is 6.59. The van der Waals surface area contributed by atoms with E-state index >= 15 is 0 Å². The monoisotopic (exact) mass is 250 g/mol. The van der Waals surface area contributed by atoms with Gasteiger partial charge >= 0.3 is 0 Å². The van der Waals surface area contributed by atoms with Gasteiger partial charge in [-0.2, -0.15) is 0 Å². The third-order valence-electron chi connectivity index (χ3n) is 3.52. The van der Waals surface area contributed by atoms with E-state index in [1.807, 2.05) is 18.2 Å². The molecule has 3 nitrogen and oxygen atoms in total. The van der Waals surface area contributed by atoms with E-state index in [0.29, 0.717) is 5.92 Å². The molecule has 0 saturated heterocycles. The molecule has 1 aromatic rings. The van der Waals surface area contributed by atoms with Crippen molar-refractivity contribution in [3.05, 3.63) is 35.9 Å². The highest BCUT2D eigenvalue weighted by molar-refractivity contribution is 5.25. The molecule has 1 aromatic carbocycles. The second-order valence-corrected chi connectivity index (χ2v) is 5.38. The molecule has 18 heavy (non-hydrogen) atoms. The summed E-state index contributed by atoms with van der Waals surface area (Å²) in [7, 11) is 4.11. The van der Waals surface area contributed by atoms with Gasteiger partial charge in [0.25, 0.3) is 0 Å². The summed E-state index contributed by atoms with van der Waals surface area (Å²) in [5.41, 5.74) is 0.804. The number of nitrogens with zero attached hydrogens (tertiary/aromatic N) is 1. The number of likely N-dealkylation sites (N-methyl/N-ethyl adjacent to an activating group) is 1. The molecule has 0 aromatic heterocycles. The van der Waals surface area contributed by atoms with Crippen molar-refractivity contribution in [3.63, 3.8) is 0 Å². The van der Waals surface area contributed by atoms with Crippen molar-refractivity contribution >= 4 is 0 Å². The van der Waals surface area contributed by atoms with Crippen LogP contribution >= 0.6 is 0 Å². The van der Waals surface area contributed by atoms with Crippen molar-refractivity contribution in [1.82, 2.24) is 10.2 Å². The normalized spacial score (nSPS) is 15.1. The van der Waals surface area contributed by atoms with Crippen molar-refractivity contribution in [2.45, 2.75) is 19.4 Å². The van der Waals surface area contributed by atoms with Crippen LogP contribution in [0.4, 0.5) is 0 Å². The lowest BCUT2D eigenvalue weighted by atomic mass is 9.80. The molecule has 1 atom stereocenters. The van der Waals surface area contributed by atoms with E-state index < -0.39 is 0 Å². The number of hydrogen-bond donors (Lipinski definition) is 2. The fraction of sp³-hybridized carbons (Fsp3) is 0.600. The van der Waals surface area contributed by atoms with Crippen LogP contribution in [0, 0.1) is 5.92 Å². The molecule has 0 fully saturated rings. The largest absolute Gasteiger partial charge is 0.394 e. The van der Waals surface area contributed by atoms with Crippen LogP contribution in [0.5, 0.6) is 0 Å². The fourth-order valence-corrected chi connectivity index (χ4v) is 2.21. The van der Waals surface area contributed by atoms with E-state index in [9.17, 15) is 5.11 Å². The van der Waals surface area contributed by atoms with E-state index in [4.69, 9.17) is 0 Å². The van der Waals surface area contributed by atoms with Crippen molar-refractivity contribution in [3.8, 4) is 0 Å². The van der Waals surface area contributed by atoms with Crippen molar-refractivity contribution < 1.29 is 5.11 Å². The molecule has 0 spiro atoms. The number of hydrogen-bond acceptors (Lipinski definition) is 3. The van der Waals surface area contributed by atoms with Gasteiger partial charge in [0.2, 0.25) is 0 Å². The van der Waals surface area contributed by atoms with Crippen molar-refractivity contribution in [2.75, 3.05) is 33.8 Å². The maximum atomic E-state index is 9.89. The molecule has 3 heteroatoms. The molecule has 0 heterocycles. The zero-order valence-electron chi connectivity index (χ0n) is 12.0. The maximum absolute atomic E-state index is 9.89. The van der Waals surface area contributed by atoms with Crippen LogP contribution in [-0.4, -0.2) is 43.8 Å². The Labute approximate surface area is 111 Å².